The second-order valence-corrected chi connectivity index (χ2v) is 11.2. The second-order valence-electron chi connectivity index (χ2n) is 10.8. The van der Waals surface area contributed by atoms with Crippen LogP contribution < -0.4 is 9.64 Å². The number of rotatable bonds is 6. The molecule has 4 rings (SSSR count). The number of carbonyl (C=O) groups is 2. The summed E-state index contributed by atoms with van der Waals surface area (Å²) < 4.78 is 47.4. The number of benzene rings is 2. The van der Waals surface area contributed by atoms with Crippen molar-refractivity contribution in [3.63, 3.8) is 0 Å². The smallest absolute Gasteiger partial charge is 0.430 e. The van der Waals surface area contributed by atoms with Crippen LogP contribution in [0, 0.1) is 11.8 Å². The molecule has 2 aromatic carbocycles. The lowest BCUT2D eigenvalue weighted by Gasteiger charge is -2.42. The van der Waals surface area contributed by atoms with E-state index in [0.717, 1.165) is 48.7 Å². The summed E-state index contributed by atoms with van der Waals surface area (Å²) >= 11 is 6.39. The molecule has 218 valence electrons. The molecule has 0 aromatic heterocycles. The van der Waals surface area contributed by atoms with Crippen LogP contribution in [0.25, 0.3) is 0 Å². The summed E-state index contributed by atoms with van der Waals surface area (Å²) in [7, 11) is 4.66. The Morgan fingerprint density at radius 2 is 1.57 bits per heavy atom. The molecule has 0 radical (unpaired) electrons. The van der Waals surface area contributed by atoms with Crippen LogP contribution in [-0.2, 0) is 10.4 Å². The molecular formula is C29H35ClF3N3O4. The van der Waals surface area contributed by atoms with Crippen molar-refractivity contribution in [2.24, 2.45) is 11.8 Å². The van der Waals surface area contributed by atoms with Gasteiger partial charge >= 0.3 is 6.18 Å². The van der Waals surface area contributed by atoms with E-state index in [4.69, 9.17) is 16.3 Å². The quantitative estimate of drug-likeness (QED) is 0.522. The molecule has 2 amide bonds. The Morgan fingerprint density at radius 3 is 2.10 bits per heavy atom. The van der Waals surface area contributed by atoms with E-state index in [0.29, 0.717) is 29.3 Å². The maximum absolute atomic E-state index is 14.1. The molecule has 0 aliphatic carbocycles. The third-order valence-electron chi connectivity index (χ3n) is 8.19. The van der Waals surface area contributed by atoms with Gasteiger partial charge in [0, 0.05) is 51.5 Å². The number of likely N-dealkylation sites (tertiary alicyclic amines) is 1. The normalized spacial score (nSPS) is 18.8. The highest BCUT2D eigenvalue weighted by molar-refractivity contribution is 6.34. The predicted molar refractivity (Wildman–Crippen MR) is 147 cm³/mol. The number of anilines is 1. The van der Waals surface area contributed by atoms with E-state index in [1.165, 1.54) is 24.1 Å². The number of hydrogen-bond donors (Lipinski definition) is 1. The van der Waals surface area contributed by atoms with Crippen LogP contribution in [0.1, 0.15) is 41.6 Å². The van der Waals surface area contributed by atoms with Crippen molar-refractivity contribution in [2.75, 3.05) is 52.3 Å². The van der Waals surface area contributed by atoms with E-state index < -0.39 is 23.2 Å². The molecule has 2 aliphatic heterocycles. The minimum atomic E-state index is -5.19. The van der Waals surface area contributed by atoms with Crippen LogP contribution in [-0.4, -0.2) is 80.3 Å². The zero-order chi connectivity index (χ0) is 29.2. The Hall–Kier alpha value is -2.98. The van der Waals surface area contributed by atoms with Crippen LogP contribution in [0.15, 0.2) is 42.5 Å². The summed E-state index contributed by atoms with van der Waals surface area (Å²) in [5.41, 5.74) is -2.80. The maximum atomic E-state index is 14.1. The molecule has 2 fully saturated rings. The lowest BCUT2D eigenvalue weighted by Crippen LogP contribution is -2.57. The van der Waals surface area contributed by atoms with Crippen molar-refractivity contribution in [1.29, 1.82) is 0 Å². The van der Waals surface area contributed by atoms with Crippen LogP contribution in [0.2, 0.25) is 5.02 Å². The lowest BCUT2D eigenvalue weighted by atomic mass is 9.78. The third kappa shape index (κ3) is 5.88. The molecule has 2 aromatic rings. The summed E-state index contributed by atoms with van der Waals surface area (Å²) in [4.78, 5) is 30.3. The molecule has 2 aliphatic rings. The average Bonchev–Trinajstić information content (AvgIpc) is 2.95. The second kappa shape index (κ2) is 11.9. The fraction of sp³-hybridized carbons (Fsp3) is 0.517. The van der Waals surface area contributed by atoms with Crippen molar-refractivity contribution in [2.45, 2.75) is 37.5 Å². The van der Waals surface area contributed by atoms with Crippen molar-refractivity contribution >= 4 is 29.1 Å². The van der Waals surface area contributed by atoms with E-state index in [1.54, 1.807) is 20.2 Å². The Balaban J connectivity index is 1.36. The number of alkyl halides is 3. The molecular weight excluding hydrogens is 547 g/mol. The lowest BCUT2D eigenvalue weighted by molar-refractivity contribution is -0.262. The van der Waals surface area contributed by atoms with Crippen LogP contribution >= 0.6 is 11.6 Å². The molecule has 2 heterocycles. The fourth-order valence-corrected chi connectivity index (χ4v) is 6.06. The number of aliphatic hydroxyl groups is 1. The summed E-state index contributed by atoms with van der Waals surface area (Å²) in [5, 5.41) is 11.2. The first-order valence-electron chi connectivity index (χ1n) is 13.4. The van der Waals surface area contributed by atoms with Crippen molar-refractivity contribution in [1.82, 2.24) is 9.80 Å². The monoisotopic (exact) mass is 581 g/mol. The standard InChI is InChI=1S/C29H35ClF3N3O4/c1-34(2)26(37)24-8-7-22(18-25(24)30)35-13-9-19(10-14-35)20-11-15-36(16-12-20)27(38)28(39,29(31,32)33)21-5-4-6-23(17-21)40-3/h4-8,17-20,39H,9-16H2,1-3H3/t28-/m1/s1. The largest absolute Gasteiger partial charge is 0.497 e. The fourth-order valence-electron chi connectivity index (χ4n) is 5.80. The molecule has 0 unspecified atom stereocenters. The summed E-state index contributed by atoms with van der Waals surface area (Å²) in [6, 6.07) is 10.4. The number of halogens is 4. The van der Waals surface area contributed by atoms with Gasteiger partial charge in [0.15, 0.2) is 0 Å². The third-order valence-corrected chi connectivity index (χ3v) is 8.51. The van der Waals surface area contributed by atoms with Crippen molar-refractivity contribution < 1.29 is 32.6 Å². The number of methoxy groups -OCH3 is 1. The summed E-state index contributed by atoms with van der Waals surface area (Å²) in [6.45, 7) is 1.90. The zero-order valence-electron chi connectivity index (χ0n) is 22.9. The Kier molecular flexibility index (Phi) is 8.89. The molecule has 1 atom stereocenters. The van der Waals surface area contributed by atoms with E-state index in [9.17, 15) is 27.9 Å². The van der Waals surface area contributed by atoms with Gasteiger partial charge in [-0.15, -0.1) is 0 Å². The molecule has 7 nitrogen and oxygen atoms in total. The summed E-state index contributed by atoms with van der Waals surface area (Å²) in [5.74, 6) is -0.714. The van der Waals surface area contributed by atoms with E-state index in [2.05, 4.69) is 4.90 Å². The molecule has 2 saturated heterocycles. The van der Waals surface area contributed by atoms with Gasteiger partial charge in [0.25, 0.3) is 17.4 Å². The van der Waals surface area contributed by atoms with Crippen LogP contribution in [0.4, 0.5) is 18.9 Å². The molecule has 0 saturated carbocycles. The van der Waals surface area contributed by atoms with Crippen molar-refractivity contribution in [3.8, 4) is 5.75 Å². The van der Waals surface area contributed by atoms with E-state index in [-0.39, 0.29) is 30.7 Å². The SMILES string of the molecule is COc1cccc([C@@](O)(C(=O)N2CCC(C3CCN(c4ccc(C(=O)N(C)C)c(Cl)c4)CC3)CC2)C(F)(F)F)c1. The van der Waals surface area contributed by atoms with Crippen LogP contribution in [0.5, 0.6) is 5.75 Å². The molecule has 1 N–H and O–H groups in total. The minimum Gasteiger partial charge on any atom is -0.497 e. The number of ether oxygens (including phenoxy) is 1. The Labute approximate surface area is 237 Å². The van der Waals surface area contributed by atoms with Gasteiger partial charge in [-0.25, -0.2) is 0 Å². The maximum Gasteiger partial charge on any atom is 0.430 e. The average molecular weight is 582 g/mol. The highest BCUT2D eigenvalue weighted by Gasteiger charge is 2.62. The molecule has 11 heteroatoms. The number of carbonyl (C=O) groups excluding carboxylic acids is 2. The number of amides is 2. The molecule has 0 bridgehead atoms. The Morgan fingerprint density at radius 1 is 0.975 bits per heavy atom. The highest BCUT2D eigenvalue weighted by atomic mass is 35.5. The Bertz CT molecular complexity index is 1230. The zero-order valence-corrected chi connectivity index (χ0v) is 23.6. The molecule has 40 heavy (non-hydrogen) atoms. The first kappa shape index (κ1) is 30.0. The highest BCUT2D eigenvalue weighted by Crippen LogP contribution is 2.43. The van der Waals surface area contributed by atoms with Gasteiger partial charge in [0.2, 0.25) is 0 Å². The number of nitrogens with zero attached hydrogens (tertiary/aromatic N) is 3. The van der Waals surface area contributed by atoms with E-state index in [1.807, 2.05) is 12.1 Å². The van der Waals surface area contributed by atoms with Gasteiger partial charge in [-0.05, 0) is 67.9 Å². The minimum absolute atomic E-state index is 0.123. The van der Waals surface area contributed by atoms with Gasteiger partial charge < -0.3 is 24.5 Å². The first-order chi connectivity index (χ1) is 18.9. The first-order valence-corrected chi connectivity index (χ1v) is 13.7. The van der Waals surface area contributed by atoms with Gasteiger partial charge in [-0.3, -0.25) is 9.59 Å². The summed E-state index contributed by atoms with van der Waals surface area (Å²) in [6.07, 6.45) is -2.22. The number of piperidine rings is 2. The van der Waals surface area contributed by atoms with Gasteiger partial charge in [-0.2, -0.15) is 13.2 Å². The predicted octanol–water partition coefficient (Wildman–Crippen LogP) is 4.96. The van der Waals surface area contributed by atoms with Crippen molar-refractivity contribution in [3.05, 3.63) is 58.6 Å². The van der Waals surface area contributed by atoms with Crippen LogP contribution in [0.3, 0.4) is 0 Å². The van der Waals surface area contributed by atoms with Gasteiger partial charge in [0.05, 0.1) is 17.7 Å². The topological polar surface area (TPSA) is 73.3 Å². The van der Waals surface area contributed by atoms with Gasteiger partial charge in [0.1, 0.15) is 5.75 Å². The number of hydrogen-bond acceptors (Lipinski definition) is 5. The molecule has 0 spiro atoms. The van der Waals surface area contributed by atoms with Gasteiger partial charge in [-0.1, -0.05) is 23.7 Å². The van der Waals surface area contributed by atoms with E-state index >= 15 is 0 Å².